The molecule has 4 rings (SSSR count). The van der Waals surface area contributed by atoms with E-state index in [-0.39, 0.29) is 11.9 Å². The molecular weight excluding hydrogens is 391 g/mol. The van der Waals surface area contributed by atoms with E-state index in [1.165, 1.54) is 23.0 Å². The lowest BCUT2D eigenvalue weighted by Crippen LogP contribution is -2.13. The zero-order valence-electron chi connectivity index (χ0n) is 13.5. The maximum atomic E-state index is 12.4. The lowest BCUT2D eigenvalue weighted by Gasteiger charge is -2.03. The molecule has 0 bridgehead atoms. The molecule has 2 heterocycles. The summed E-state index contributed by atoms with van der Waals surface area (Å²) in [5, 5.41) is 9.80. The van der Waals surface area contributed by atoms with Crippen LogP contribution in [0.4, 0.5) is 5.95 Å². The summed E-state index contributed by atoms with van der Waals surface area (Å²) in [5.41, 5.74) is 3.53. The van der Waals surface area contributed by atoms with Crippen LogP contribution in [-0.4, -0.2) is 20.5 Å². The Bertz CT molecular complexity index is 1120. The van der Waals surface area contributed by atoms with Gasteiger partial charge in [0, 0.05) is 16.5 Å². The summed E-state index contributed by atoms with van der Waals surface area (Å²) in [6, 6.07) is 12.8. The van der Waals surface area contributed by atoms with Gasteiger partial charge in [0.05, 0.1) is 15.7 Å². The third kappa shape index (κ3) is 3.19. The molecule has 2 aromatic carbocycles. The van der Waals surface area contributed by atoms with Gasteiger partial charge >= 0.3 is 0 Å². The average Bonchev–Trinajstić information content (AvgIpc) is 3.18. The van der Waals surface area contributed by atoms with Crippen LogP contribution in [0.2, 0.25) is 10.0 Å². The van der Waals surface area contributed by atoms with Crippen molar-refractivity contribution >= 4 is 51.4 Å². The molecule has 0 atom stereocenters. The second kappa shape index (κ2) is 6.72. The van der Waals surface area contributed by atoms with Crippen LogP contribution in [0.15, 0.2) is 47.8 Å². The number of anilines is 1. The van der Waals surface area contributed by atoms with Crippen molar-refractivity contribution in [3.05, 3.63) is 69.0 Å². The van der Waals surface area contributed by atoms with Gasteiger partial charge in [-0.15, -0.1) is 16.4 Å². The van der Waals surface area contributed by atoms with E-state index in [0.717, 1.165) is 11.3 Å². The van der Waals surface area contributed by atoms with Crippen molar-refractivity contribution < 1.29 is 4.79 Å². The van der Waals surface area contributed by atoms with E-state index in [4.69, 9.17) is 23.2 Å². The van der Waals surface area contributed by atoms with Crippen molar-refractivity contribution in [3.8, 4) is 11.3 Å². The number of halogens is 2. The highest BCUT2D eigenvalue weighted by Gasteiger charge is 2.15. The van der Waals surface area contributed by atoms with Crippen LogP contribution in [0.1, 0.15) is 15.9 Å². The van der Waals surface area contributed by atoms with E-state index in [0.29, 0.717) is 20.6 Å². The Hall–Kier alpha value is -2.41. The minimum absolute atomic E-state index is 0.237. The van der Waals surface area contributed by atoms with Gasteiger partial charge < -0.3 is 0 Å². The number of hydrogen-bond acceptors (Lipinski definition) is 4. The maximum absolute atomic E-state index is 12.4. The van der Waals surface area contributed by atoms with Gasteiger partial charge in [-0.25, -0.2) is 4.52 Å². The number of carbonyl (C=O) groups is 1. The van der Waals surface area contributed by atoms with Gasteiger partial charge in [0.2, 0.25) is 4.96 Å². The normalized spacial score (nSPS) is 11.0. The fourth-order valence-electron chi connectivity index (χ4n) is 2.47. The number of hydrogen-bond donors (Lipinski definition) is 1. The van der Waals surface area contributed by atoms with Gasteiger partial charge in [0.1, 0.15) is 0 Å². The summed E-state index contributed by atoms with van der Waals surface area (Å²) in [5.74, 6) is -0.111. The first-order valence-corrected chi connectivity index (χ1v) is 9.32. The van der Waals surface area contributed by atoms with Gasteiger partial charge in [0.15, 0.2) is 0 Å². The molecule has 130 valence electrons. The van der Waals surface area contributed by atoms with Crippen LogP contribution < -0.4 is 5.32 Å². The Morgan fingerprint density at radius 2 is 1.88 bits per heavy atom. The van der Waals surface area contributed by atoms with Crippen LogP contribution in [0.5, 0.6) is 0 Å². The van der Waals surface area contributed by atoms with E-state index >= 15 is 0 Å². The van der Waals surface area contributed by atoms with Crippen molar-refractivity contribution in [2.45, 2.75) is 6.92 Å². The van der Waals surface area contributed by atoms with Gasteiger partial charge in [-0.3, -0.25) is 10.1 Å². The third-order valence-electron chi connectivity index (χ3n) is 3.84. The predicted octanol–water partition coefficient (Wildman–Crippen LogP) is 5.33. The first-order chi connectivity index (χ1) is 12.5. The monoisotopic (exact) mass is 402 g/mol. The largest absolute Gasteiger partial charge is 0.289 e. The lowest BCUT2D eigenvalue weighted by molar-refractivity contribution is 0.102. The fourth-order valence-corrected chi connectivity index (χ4v) is 3.60. The van der Waals surface area contributed by atoms with Gasteiger partial charge in [0.25, 0.3) is 11.9 Å². The summed E-state index contributed by atoms with van der Waals surface area (Å²) in [6.07, 6.45) is 0. The van der Waals surface area contributed by atoms with Crippen molar-refractivity contribution in [1.29, 1.82) is 0 Å². The second-order valence-corrected chi connectivity index (χ2v) is 7.35. The molecule has 8 heteroatoms. The molecular formula is C18H12Cl2N4OS. The van der Waals surface area contributed by atoms with E-state index in [2.05, 4.69) is 15.4 Å². The van der Waals surface area contributed by atoms with Crippen LogP contribution >= 0.6 is 34.5 Å². The zero-order valence-corrected chi connectivity index (χ0v) is 15.9. The molecule has 0 aliphatic heterocycles. The molecule has 2 aromatic heterocycles. The summed E-state index contributed by atoms with van der Waals surface area (Å²) in [6.45, 7) is 2.04. The molecule has 0 saturated heterocycles. The van der Waals surface area contributed by atoms with E-state index in [1.807, 2.05) is 36.6 Å². The molecule has 0 unspecified atom stereocenters. The van der Waals surface area contributed by atoms with Crippen molar-refractivity contribution in [2.75, 3.05) is 5.32 Å². The second-order valence-electron chi connectivity index (χ2n) is 5.70. The molecule has 0 aliphatic carbocycles. The van der Waals surface area contributed by atoms with Crippen LogP contribution in [0.3, 0.4) is 0 Å². The fraction of sp³-hybridized carbons (Fsp3) is 0.0556. The quantitative estimate of drug-likeness (QED) is 0.503. The number of benzene rings is 2. The van der Waals surface area contributed by atoms with Crippen molar-refractivity contribution in [2.24, 2.45) is 0 Å². The number of aromatic nitrogens is 3. The van der Waals surface area contributed by atoms with Gasteiger partial charge in [-0.1, -0.05) is 53.0 Å². The molecule has 0 aliphatic rings. The molecule has 4 aromatic rings. The average molecular weight is 403 g/mol. The van der Waals surface area contributed by atoms with Crippen LogP contribution in [-0.2, 0) is 0 Å². The number of carbonyl (C=O) groups excluding carboxylic acids is 1. The summed E-state index contributed by atoms with van der Waals surface area (Å²) >= 11 is 13.3. The summed E-state index contributed by atoms with van der Waals surface area (Å²) in [4.78, 5) is 17.4. The van der Waals surface area contributed by atoms with Crippen molar-refractivity contribution in [1.82, 2.24) is 14.6 Å². The summed E-state index contributed by atoms with van der Waals surface area (Å²) in [7, 11) is 0. The maximum Gasteiger partial charge on any atom is 0.258 e. The molecule has 1 N–H and O–H groups in total. The van der Waals surface area contributed by atoms with Gasteiger partial charge in [-0.05, 0) is 25.1 Å². The minimum Gasteiger partial charge on any atom is -0.289 e. The van der Waals surface area contributed by atoms with Crippen LogP contribution in [0, 0.1) is 6.92 Å². The molecule has 5 nitrogen and oxygen atoms in total. The number of nitrogens with one attached hydrogen (secondary N) is 1. The lowest BCUT2D eigenvalue weighted by atomic mass is 10.1. The van der Waals surface area contributed by atoms with Crippen molar-refractivity contribution in [3.63, 3.8) is 0 Å². The Balaban J connectivity index is 1.62. The van der Waals surface area contributed by atoms with E-state index < -0.39 is 0 Å². The standard InChI is InChI=1S/C18H12Cl2N4OS/c1-10-2-4-11(5-3-10)15-9-26-18-22-17(23-24(15)18)21-16(25)12-6-7-13(19)14(20)8-12/h2-9H,1H3,(H,21,23,25). The van der Waals surface area contributed by atoms with E-state index in [9.17, 15) is 4.79 Å². The Labute approximate surface area is 163 Å². The number of fused-ring (bicyclic) bond motifs is 1. The first-order valence-electron chi connectivity index (χ1n) is 7.69. The molecule has 1 amide bonds. The molecule has 0 spiro atoms. The number of rotatable bonds is 3. The Morgan fingerprint density at radius 1 is 1.12 bits per heavy atom. The highest BCUT2D eigenvalue weighted by atomic mass is 35.5. The van der Waals surface area contributed by atoms with Gasteiger partial charge in [-0.2, -0.15) is 4.98 Å². The molecule has 0 fully saturated rings. The number of amides is 1. The minimum atomic E-state index is -0.348. The number of thiazole rings is 1. The summed E-state index contributed by atoms with van der Waals surface area (Å²) < 4.78 is 1.72. The SMILES string of the molecule is Cc1ccc(-c2csc3nc(NC(=O)c4ccc(Cl)c(Cl)c4)nn23)cc1. The topological polar surface area (TPSA) is 59.3 Å². The number of nitrogens with zero attached hydrogens (tertiary/aromatic N) is 3. The van der Waals surface area contributed by atoms with E-state index in [1.54, 1.807) is 16.6 Å². The highest BCUT2D eigenvalue weighted by molar-refractivity contribution is 7.15. The third-order valence-corrected chi connectivity index (χ3v) is 5.39. The molecule has 26 heavy (non-hydrogen) atoms. The Kier molecular flexibility index (Phi) is 4.40. The zero-order chi connectivity index (χ0) is 18.3. The van der Waals surface area contributed by atoms with Crippen LogP contribution in [0.25, 0.3) is 16.2 Å². The predicted molar refractivity (Wildman–Crippen MR) is 105 cm³/mol. The smallest absolute Gasteiger partial charge is 0.258 e. The number of aryl methyl sites for hydroxylation is 1. The first kappa shape index (κ1) is 17.0. The molecule has 0 saturated carbocycles. The highest BCUT2D eigenvalue weighted by Crippen LogP contribution is 2.27. The molecule has 0 radical (unpaired) electrons. The Morgan fingerprint density at radius 3 is 2.62 bits per heavy atom.